The normalized spacial score (nSPS) is 19.6. The van der Waals surface area contributed by atoms with Crippen molar-refractivity contribution in [2.45, 2.75) is 19.4 Å². The van der Waals surface area contributed by atoms with Crippen LogP contribution in [0.1, 0.15) is 13.3 Å². The second-order valence-electron chi connectivity index (χ2n) is 3.97. The van der Waals surface area contributed by atoms with E-state index in [0.717, 1.165) is 28.5 Å². The fraction of sp³-hybridized carbons (Fsp3) is 0.333. The molecule has 1 N–H and O–H groups in total. The van der Waals surface area contributed by atoms with Gasteiger partial charge in [-0.2, -0.15) is 0 Å². The molecule has 5 heteroatoms. The van der Waals surface area contributed by atoms with Crippen molar-refractivity contribution in [3.8, 4) is 0 Å². The molecule has 3 rings (SSSR count). The summed E-state index contributed by atoms with van der Waals surface area (Å²) in [4.78, 5) is 8.90. The maximum atomic E-state index is 4.63. The third-order valence-corrected chi connectivity index (χ3v) is 4.59. The van der Waals surface area contributed by atoms with Crippen LogP contribution in [0, 0.1) is 0 Å². The molecule has 1 aromatic carbocycles. The van der Waals surface area contributed by atoms with E-state index < -0.39 is 0 Å². The van der Waals surface area contributed by atoms with E-state index in [2.05, 4.69) is 34.3 Å². The highest BCUT2D eigenvalue weighted by atomic mass is 32.2. The van der Waals surface area contributed by atoms with Gasteiger partial charge in [0.05, 0.1) is 21.8 Å². The molecule has 0 bridgehead atoms. The van der Waals surface area contributed by atoms with Crippen molar-refractivity contribution in [1.82, 2.24) is 4.98 Å². The Morgan fingerprint density at radius 2 is 2.41 bits per heavy atom. The highest BCUT2D eigenvalue weighted by molar-refractivity contribution is 8.14. The van der Waals surface area contributed by atoms with Gasteiger partial charge in [0.1, 0.15) is 0 Å². The van der Waals surface area contributed by atoms with Crippen LogP contribution in [-0.2, 0) is 0 Å². The standard InChI is InChI=1S/C12H13N3S2/c1-2-8-6-16-12(14-8)15-9-3-4-10-11(5-9)17-7-13-10/h3-5,7-8H,2,6H2,1H3,(H,14,15). The number of rotatable bonds is 2. The molecule has 1 unspecified atom stereocenters. The zero-order chi connectivity index (χ0) is 11.7. The van der Waals surface area contributed by atoms with E-state index in [4.69, 9.17) is 0 Å². The molecule has 1 aliphatic heterocycles. The quantitative estimate of drug-likeness (QED) is 0.899. The summed E-state index contributed by atoms with van der Waals surface area (Å²) < 4.78 is 1.21. The number of nitrogens with zero attached hydrogens (tertiary/aromatic N) is 2. The number of hydrogen-bond acceptors (Lipinski definition) is 5. The van der Waals surface area contributed by atoms with Crippen molar-refractivity contribution in [3.63, 3.8) is 0 Å². The minimum absolute atomic E-state index is 0.481. The van der Waals surface area contributed by atoms with Gasteiger partial charge in [0.15, 0.2) is 5.17 Å². The highest BCUT2D eigenvalue weighted by Crippen LogP contribution is 2.25. The summed E-state index contributed by atoms with van der Waals surface area (Å²) >= 11 is 3.47. The van der Waals surface area contributed by atoms with Gasteiger partial charge >= 0.3 is 0 Å². The molecule has 0 amide bonds. The Labute approximate surface area is 108 Å². The molecule has 0 spiro atoms. The molecule has 3 nitrogen and oxygen atoms in total. The number of aliphatic imine (C=N–C) groups is 1. The largest absolute Gasteiger partial charge is 0.335 e. The third-order valence-electron chi connectivity index (χ3n) is 2.77. The predicted octanol–water partition coefficient (Wildman–Crippen LogP) is 3.59. The molecular formula is C12H13N3S2. The lowest BCUT2D eigenvalue weighted by Gasteiger charge is -2.04. The summed E-state index contributed by atoms with van der Waals surface area (Å²) in [5, 5.41) is 4.42. The molecule has 1 aliphatic rings. The van der Waals surface area contributed by atoms with Gasteiger partial charge in [-0.3, -0.25) is 4.99 Å². The number of amidine groups is 1. The fourth-order valence-corrected chi connectivity index (χ4v) is 3.54. The zero-order valence-corrected chi connectivity index (χ0v) is 11.1. The number of anilines is 1. The van der Waals surface area contributed by atoms with Gasteiger partial charge in [-0.05, 0) is 24.6 Å². The molecule has 2 aromatic rings. The summed E-state index contributed by atoms with van der Waals surface area (Å²) in [7, 11) is 0. The zero-order valence-electron chi connectivity index (χ0n) is 9.51. The first-order chi connectivity index (χ1) is 8.35. The number of benzene rings is 1. The summed E-state index contributed by atoms with van der Waals surface area (Å²) in [6.07, 6.45) is 1.12. The number of aromatic nitrogens is 1. The number of hydrogen-bond donors (Lipinski definition) is 1. The molecule has 0 saturated carbocycles. The van der Waals surface area contributed by atoms with Gasteiger partial charge in [0, 0.05) is 11.4 Å². The molecule has 0 fully saturated rings. The first-order valence-electron chi connectivity index (χ1n) is 5.66. The van der Waals surface area contributed by atoms with Crippen molar-refractivity contribution in [3.05, 3.63) is 23.7 Å². The molecular weight excluding hydrogens is 250 g/mol. The van der Waals surface area contributed by atoms with Crippen molar-refractivity contribution in [1.29, 1.82) is 0 Å². The Hall–Kier alpha value is -1.07. The van der Waals surface area contributed by atoms with Gasteiger partial charge in [-0.25, -0.2) is 4.98 Å². The summed E-state index contributed by atoms with van der Waals surface area (Å²) in [5.74, 6) is 1.10. The average Bonchev–Trinajstić information content (AvgIpc) is 2.96. The van der Waals surface area contributed by atoms with Crippen LogP contribution in [0.2, 0.25) is 0 Å². The van der Waals surface area contributed by atoms with Crippen LogP contribution in [0.15, 0.2) is 28.7 Å². The van der Waals surface area contributed by atoms with Gasteiger partial charge in [-0.15, -0.1) is 11.3 Å². The summed E-state index contributed by atoms with van der Waals surface area (Å²) in [5.41, 5.74) is 4.04. The van der Waals surface area contributed by atoms with E-state index in [1.54, 1.807) is 23.1 Å². The molecule has 17 heavy (non-hydrogen) atoms. The molecule has 1 atom stereocenters. The highest BCUT2D eigenvalue weighted by Gasteiger charge is 2.16. The van der Waals surface area contributed by atoms with E-state index in [0.29, 0.717) is 6.04 Å². The molecule has 88 valence electrons. The Morgan fingerprint density at radius 1 is 1.47 bits per heavy atom. The number of fused-ring (bicyclic) bond motifs is 1. The van der Waals surface area contributed by atoms with E-state index >= 15 is 0 Å². The Bertz CT molecular complexity index is 562. The first-order valence-corrected chi connectivity index (χ1v) is 7.52. The molecule has 2 heterocycles. The van der Waals surface area contributed by atoms with Crippen LogP contribution in [0.3, 0.4) is 0 Å². The van der Waals surface area contributed by atoms with E-state index in [1.165, 1.54) is 4.70 Å². The molecule has 0 saturated heterocycles. The summed E-state index contributed by atoms with van der Waals surface area (Å²) in [6.45, 7) is 2.18. The smallest absolute Gasteiger partial charge is 0.161 e. The van der Waals surface area contributed by atoms with Gasteiger partial charge in [0.25, 0.3) is 0 Å². The van der Waals surface area contributed by atoms with Crippen LogP contribution in [0.5, 0.6) is 0 Å². The Morgan fingerprint density at radius 3 is 3.24 bits per heavy atom. The fourth-order valence-electron chi connectivity index (χ4n) is 1.75. The van der Waals surface area contributed by atoms with Gasteiger partial charge in [-0.1, -0.05) is 18.7 Å². The van der Waals surface area contributed by atoms with Crippen LogP contribution in [-0.4, -0.2) is 21.9 Å². The van der Waals surface area contributed by atoms with Crippen LogP contribution >= 0.6 is 23.1 Å². The van der Waals surface area contributed by atoms with Crippen LogP contribution in [0.25, 0.3) is 10.2 Å². The number of nitrogens with one attached hydrogen (secondary N) is 1. The molecule has 0 radical (unpaired) electrons. The van der Waals surface area contributed by atoms with Crippen molar-refractivity contribution < 1.29 is 0 Å². The topological polar surface area (TPSA) is 37.3 Å². The lowest BCUT2D eigenvalue weighted by atomic mass is 10.3. The van der Waals surface area contributed by atoms with Crippen LogP contribution < -0.4 is 5.32 Å². The monoisotopic (exact) mass is 263 g/mol. The maximum absolute atomic E-state index is 4.63. The van der Waals surface area contributed by atoms with E-state index in [1.807, 2.05) is 11.6 Å². The van der Waals surface area contributed by atoms with E-state index in [-0.39, 0.29) is 0 Å². The van der Waals surface area contributed by atoms with Crippen molar-refractivity contribution >= 4 is 44.2 Å². The maximum Gasteiger partial charge on any atom is 0.161 e. The van der Waals surface area contributed by atoms with Crippen molar-refractivity contribution in [2.24, 2.45) is 4.99 Å². The lowest BCUT2D eigenvalue weighted by molar-refractivity contribution is 0.738. The Balaban J connectivity index is 1.80. The minimum Gasteiger partial charge on any atom is -0.335 e. The SMILES string of the molecule is CCC1CSC(Nc2ccc3ncsc3c2)=N1. The van der Waals surface area contributed by atoms with Crippen LogP contribution in [0.4, 0.5) is 5.69 Å². The molecule has 0 aliphatic carbocycles. The number of thiazole rings is 1. The predicted molar refractivity (Wildman–Crippen MR) is 77.2 cm³/mol. The minimum atomic E-state index is 0.481. The number of thioether (sulfide) groups is 1. The lowest BCUT2D eigenvalue weighted by Crippen LogP contribution is -2.05. The third kappa shape index (κ3) is 2.30. The second kappa shape index (κ2) is 4.66. The summed E-state index contributed by atoms with van der Waals surface area (Å²) in [6, 6.07) is 6.72. The average molecular weight is 263 g/mol. The van der Waals surface area contributed by atoms with E-state index in [9.17, 15) is 0 Å². The van der Waals surface area contributed by atoms with Crippen molar-refractivity contribution in [2.75, 3.05) is 11.1 Å². The first kappa shape index (κ1) is 11.0. The molecule has 1 aromatic heterocycles. The second-order valence-corrected chi connectivity index (χ2v) is 5.86. The van der Waals surface area contributed by atoms with Gasteiger partial charge < -0.3 is 5.32 Å². The van der Waals surface area contributed by atoms with Gasteiger partial charge in [0.2, 0.25) is 0 Å². The Kier molecular flexibility index (Phi) is 3.03.